The molecule has 1 atom stereocenters. The lowest BCUT2D eigenvalue weighted by atomic mass is 9.94. The fourth-order valence-electron chi connectivity index (χ4n) is 4.38. The first kappa shape index (κ1) is 26.8. The van der Waals surface area contributed by atoms with Gasteiger partial charge < -0.3 is 19.3 Å². The molecule has 38 heavy (non-hydrogen) atoms. The van der Waals surface area contributed by atoms with E-state index in [1.165, 1.54) is 38.2 Å². The molecule has 3 aromatic carbocycles. The van der Waals surface area contributed by atoms with Crippen LogP contribution < -0.4 is 19.1 Å². The number of nitrogens with zero attached hydrogens (tertiary/aromatic N) is 1. The highest BCUT2D eigenvalue weighted by Crippen LogP contribution is 2.45. The molecular weight excluding hydrogens is 510 g/mol. The Labute approximate surface area is 225 Å². The number of carbonyl (C=O) groups is 3. The van der Waals surface area contributed by atoms with Crippen LogP contribution in [-0.2, 0) is 20.8 Å². The van der Waals surface area contributed by atoms with Crippen LogP contribution in [0.2, 0.25) is 5.02 Å². The van der Waals surface area contributed by atoms with Crippen LogP contribution in [0, 0.1) is 0 Å². The highest BCUT2D eigenvalue weighted by molar-refractivity contribution is 6.51. The number of anilines is 1. The molecule has 1 saturated heterocycles. The Balaban J connectivity index is 1.95. The van der Waals surface area contributed by atoms with Crippen molar-refractivity contribution in [2.45, 2.75) is 26.3 Å². The van der Waals surface area contributed by atoms with E-state index in [9.17, 15) is 19.5 Å². The van der Waals surface area contributed by atoms with Gasteiger partial charge in [-0.25, -0.2) is 0 Å². The number of aryl methyl sites for hydroxylation is 1. The van der Waals surface area contributed by atoms with Crippen LogP contribution in [-0.4, -0.2) is 37.0 Å². The minimum absolute atomic E-state index is 0.134. The Kier molecular flexibility index (Phi) is 7.73. The minimum atomic E-state index is -0.986. The SMILES string of the molecule is CCc1ccc(N2C(=O)C(=O)/C(=C(/O)c3cc(OC)c(Cl)cc3OC)C2c2ccc(OC(C)=O)cc2)cc1. The summed E-state index contributed by atoms with van der Waals surface area (Å²) < 4.78 is 15.8. The summed E-state index contributed by atoms with van der Waals surface area (Å²) in [6.45, 7) is 3.30. The topological polar surface area (TPSA) is 102 Å². The molecule has 1 aliphatic rings. The van der Waals surface area contributed by atoms with E-state index in [1.54, 1.807) is 36.4 Å². The van der Waals surface area contributed by atoms with Gasteiger partial charge >= 0.3 is 5.97 Å². The molecule has 1 unspecified atom stereocenters. The van der Waals surface area contributed by atoms with Gasteiger partial charge in [0, 0.05) is 18.7 Å². The minimum Gasteiger partial charge on any atom is -0.507 e. The number of ketones is 1. The van der Waals surface area contributed by atoms with Crippen LogP contribution in [0.3, 0.4) is 0 Å². The molecule has 0 bridgehead atoms. The summed E-state index contributed by atoms with van der Waals surface area (Å²) in [5.74, 6) is -1.86. The molecule has 0 aliphatic carbocycles. The molecule has 1 fully saturated rings. The predicted molar refractivity (Wildman–Crippen MR) is 143 cm³/mol. The summed E-state index contributed by atoms with van der Waals surface area (Å²) in [4.78, 5) is 39.6. The number of amides is 1. The summed E-state index contributed by atoms with van der Waals surface area (Å²) in [5.41, 5.74) is 2.05. The number of halogens is 1. The first-order valence-electron chi connectivity index (χ1n) is 11.8. The van der Waals surface area contributed by atoms with Gasteiger partial charge in [-0.05, 0) is 47.9 Å². The summed E-state index contributed by atoms with van der Waals surface area (Å²) in [5, 5.41) is 11.8. The van der Waals surface area contributed by atoms with Crippen molar-refractivity contribution >= 4 is 40.7 Å². The smallest absolute Gasteiger partial charge is 0.308 e. The first-order chi connectivity index (χ1) is 18.2. The van der Waals surface area contributed by atoms with Crippen LogP contribution in [0.25, 0.3) is 5.76 Å². The maximum absolute atomic E-state index is 13.5. The largest absolute Gasteiger partial charge is 0.507 e. The van der Waals surface area contributed by atoms with Crippen molar-refractivity contribution < 1.29 is 33.7 Å². The third kappa shape index (κ3) is 4.95. The van der Waals surface area contributed by atoms with E-state index >= 15 is 0 Å². The average molecular weight is 536 g/mol. The normalized spacial score (nSPS) is 16.4. The fourth-order valence-corrected chi connectivity index (χ4v) is 4.61. The third-order valence-corrected chi connectivity index (χ3v) is 6.55. The summed E-state index contributed by atoms with van der Waals surface area (Å²) in [6, 6.07) is 15.6. The lowest BCUT2D eigenvalue weighted by Crippen LogP contribution is -2.29. The van der Waals surface area contributed by atoms with Crippen molar-refractivity contribution in [2.75, 3.05) is 19.1 Å². The molecule has 1 heterocycles. The van der Waals surface area contributed by atoms with E-state index < -0.39 is 29.5 Å². The molecule has 1 aliphatic heterocycles. The number of Topliss-reactive ketones (excluding diaryl/α,β-unsaturated/α-hetero) is 1. The number of methoxy groups -OCH3 is 2. The highest BCUT2D eigenvalue weighted by Gasteiger charge is 2.47. The molecule has 9 heteroatoms. The van der Waals surface area contributed by atoms with Crippen molar-refractivity contribution in [3.8, 4) is 17.2 Å². The Bertz CT molecular complexity index is 1430. The number of carbonyl (C=O) groups excluding carboxylic acids is 3. The van der Waals surface area contributed by atoms with E-state index in [2.05, 4.69) is 0 Å². The standard InChI is InChI=1S/C29H26ClNO7/c1-5-17-6-10-19(11-7-17)31-26(18-8-12-20(13-9-18)38-16(2)32)25(28(34)29(31)35)27(33)21-14-24(37-4)22(30)15-23(21)36-3/h6-15,26,33H,5H2,1-4H3/b27-25+. The van der Waals surface area contributed by atoms with Gasteiger partial charge in [-0.1, -0.05) is 42.8 Å². The van der Waals surface area contributed by atoms with Gasteiger partial charge in [0.2, 0.25) is 0 Å². The maximum Gasteiger partial charge on any atom is 0.308 e. The van der Waals surface area contributed by atoms with E-state index in [0.29, 0.717) is 17.0 Å². The van der Waals surface area contributed by atoms with Crippen molar-refractivity contribution in [3.63, 3.8) is 0 Å². The maximum atomic E-state index is 13.5. The summed E-state index contributed by atoms with van der Waals surface area (Å²) >= 11 is 6.23. The van der Waals surface area contributed by atoms with Crippen LogP contribution in [0.1, 0.15) is 36.6 Å². The predicted octanol–water partition coefficient (Wildman–Crippen LogP) is 5.47. The molecule has 0 spiro atoms. The van der Waals surface area contributed by atoms with Gasteiger partial charge in [-0.15, -0.1) is 0 Å². The van der Waals surface area contributed by atoms with Crippen molar-refractivity contribution in [1.29, 1.82) is 0 Å². The Morgan fingerprint density at radius 2 is 1.61 bits per heavy atom. The van der Waals surface area contributed by atoms with Crippen LogP contribution in [0.15, 0.2) is 66.2 Å². The molecule has 3 aromatic rings. The molecule has 0 aromatic heterocycles. The van der Waals surface area contributed by atoms with E-state index in [1.807, 2.05) is 19.1 Å². The molecule has 8 nitrogen and oxygen atoms in total. The van der Waals surface area contributed by atoms with Gasteiger partial charge in [-0.3, -0.25) is 19.3 Å². The number of benzene rings is 3. The van der Waals surface area contributed by atoms with Crippen LogP contribution in [0.5, 0.6) is 17.2 Å². The lowest BCUT2D eigenvalue weighted by molar-refractivity contribution is -0.132. The number of ether oxygens (including phenoxy) is 3. The van der Waals surface area contributed by atoms with Gasteiger partial charge in [0.05, 0.1) is 36.4 Å². The molecule has 0 saturated carbocycles. The number of rotatable bonds is 7. The third-order valence-electron chi connectivity index (χ3n) is 6.25. The van der Waals surface area contributed by atoms with Crippen molar-refractivity contribution in [1.82, 2.24) is 0 Å². The number of aliphatic hydroxyl groups is 1. The Morgan fingerprint density at radius 3 is 2.16 bits per heavy atom. The van der Waals surface area contributed by atoms with Gasteiger partial charge in [0.1, 0.15) is 23.0 Å². The van der Waals surface area contributed by atoms with Gasteiger partial charge in [0.25, 0.3) is 11.7 Å². The number of hydrogen-bond acceptors (Lipinski definition) is 7. The van der Waals surface area contributed by atoms with Crippen LogP contribution >= 0.6 is 11.6 Å². The lowest BCUT2D eigenvalue weighted by Gasteiger charge is -2.26. The molecule has 1 amide bonds. The summed E-state index contributed by atoms with van der Waals surface area (Å²) in [6.07, 6.45) is 0.804. The fraction of sp³-hybridized carbons (Fsp3) is 0.207. The van der Waals surface area contributed by atoms with Gasteiger partial charge in [-0.2, -0.15) is 0 Å². The molecular formula is C29H26ClNO7. The quantitative estimate of drug-likeness (QED) is 0.141. The zero-order valence-corrected chi connectivity index (χ0v) is 22.0. The summed E-state index contributed by atoms with van der Waals surface area (Å²) in [7, 11) is 2.81. The van der Waals surface area contributed by atoms with E-state index in [-0.39, 0.29) is 27.7 Å². The van der Waals surface area contributed by atoms with E-state index in [4.69, 9.17) is 25.8 Å². The highest BCUT2D eigenvalue weighted by atomic mass is 35.5. The number of esters is 1. The molecule has 196 valence electrons. The second kappa shape index (κ2) is 11.0. The molecule has 4 rings (SSSR count). The van der Waals surface area contributed by atoms with Crippen molar-refractivity contribution in [3.05, 3.63) is 87.9 Å². The first-order valence-corrected chi connectivity index (χ1v) is 12.2. The number of aliphatic hydroxyl groups excluding tert-OH is 1. The monoisotopic (exact) mass is 535 g/mol. The second-order valence-corrected chi connectivity index (χ2v) is 8.95. The second-order valence-electron chi connectivity index (χ2n) is 8.54. The Morgan fingerprint density at radius 1 is 0.974 bits per heavy atom. The van der Waals surface area contributed by atoms with Crippen molar-refractivity contribution in [2.24, 2.45) is 0 Å². The number of hydrogen-bond donors (Lipinski definition) is 1. The zero-order valence-electron chi connectivity index (χ0n) is 21.3. The van der Waals surface area contributed by atoms with Crippen LogP contribution in [0.4, 0.5) is 5.69 Å². The Hall–Kier alpha value is -4.30. The van der Waals surface area contributed by atoms with Gasteiger partial charge in [0.15, 0.2) is 0 Å². The zero-order chi connectivity index (χ0) is 27.6. The average Bonchev–Trinajstić information content (AvgIpc) is 3.18. The molecule has 1 N–H and O–H groups in total. The molecule has 0 radical (unpaired) electrons. The van der Waals surface area contributed by atoms with E-state index in [0.717, 1.165) is 12.0 Å².